The van der Waals surface area contributed by atoms with Gasteiger partial charge in [0.05, 0.1) is 24.5 Å². The van der Waals surface area contributed by atoms with Gasteiger partial charge in [0.25, 0.3) is 0 Å². The molecule has 2 amide bonds. The molecule has 0 radical (unpaired) electrons. The van der Waals surface area contributed by atoms with E-state index in [1.807, 2.05) is 65.5 Å². The minimum absolute atomic E-state index is 0.0271. The minimum Gasteiger partial charge on any atom is -0.331 e. The van der Waals surface area contributed by atoms with E-state index in [4.69, 9.17) is 11.6 Å². The van der Waals surface area contributed by atoms with Gasteiger partial charge in [0, 0.05) is 23.8 Å². The van der Waals surface area contributed by atoms with Crippen molar-refractivity contribution >= 4 is 17.6 Å². The van der Waals surface area contributed by atoms with E-state index in [0.717, 1.165) is 29.7 Å². The van der Waals surface area contributed by atoms with Gasteiger partial charge < -0.3 is 10.2 Å². The summed E-state index contributed by atoms with van der Waals surface area (Å²) in [5.41, 5.74) is 3.08. The molecule has 1 N–H and O–H groups in total. The highest BCUT2D eigenvalue weighted by atomic mass is 35.5. The van der Waals surface area contributed by atoms with Crippen LogP contribution in [0.3, 0.4) is 0 Å². The minimum atomic E-state index is -0.0840. The lowest BCUT2D eigenvalue weighted by atomic mass is 10.0. The van der Waals surface area contributed by atoms with Crippen LogP contribution < -0.4 is 5.32 Å². The molecule has 3 aromatic rings. The average Bonchev–Trinajstić information content (AvgIpc) is 3.45. The fourth-order valence-corrected chi connectivity index (χ4v) is 3.45. The van der Waals surface area contributed by atoms with Crippen LogP contribution in [0.2, 0.25) is 5.02 Å². The lowest BCUT2D eigenvalue weighted by Crippen LogP contribution is -2.39. The van der Waals surface area contributed by atoms with E-state index >= 15 is 0 Å². The molecule has 2 aromatic carbocycles. The Morgan fingerprint density at radius 1 is 1.21 bits per heavy atom. The molecule has 0 spiro atoms. The molecule has 1 aromatic heterocycles. The molecule has 1 aliphatic rings. The van der Waals surface area contributed by atoms with Crippen molar-refractivity contribution < 1.29 is 4.79 Å². The first kappa shape index (κ1) is 18.6. The van der Waals surface area contributed by atoms with Crippen molar-refractivity contribution in [1.82, 2.24) is 20.0 Å². The Balaban J connectivity index is 1.40. The second-order valence-corrected chi connectivity index (χ2v) is 7.74. The molecule has 28 heavy (non-hydrogen) atoms. The number of hydrogen-bond acceptors (Lipinski definition) is 2. The molecular formula is C22H23ClN4O. The number of para-hydroxylation sites is 1. The van der Waals surface area contributed by atoms with Crippen LogP contribution in [0.4, 0.5) is 4.79 Å². The zero-order chi connectivity index (χ0) is 19.5. The summed E-state index contributed by atoms with van der Waals surface area (Å²) in [7, 11) is 1.81. The molecule has 0 saturated heterocycles. The van der Waals surface area contributed by atoms with E-state index in [0.29, 0.717) is 17.5 Å². The lowest BCUT2D eigenvalue weighted by Gasteiger charge is -2.23. The zero-order valence-electron chi connectivity index (χ0n) is 15.8. The number of benzene rings is 2. The molecular weight excluding hydrogens is 372 g/mol. The number of aromatic nitrogens is 2. The number of carbonyl (C=O) groups is 1. The first-order valence-corrected chi connectivity index (χ1v) is 9.84. The molecule has 1 aliphatic carbocycles. The molecule has 144 valence electrons. The maximum atomic E-state index is 12.8. The van der Waals surface area contributed by atoms with Gasteiger partial charge in [0.2, 0.25) is 0 Å². The summed E-state index contributed by atoms with van der Waals surface area (Å²) in [6, 6.07) is 17.6. The lowest BCUT2D eigenvalue weighted by molar-refractivity contribution is 0.201. The third-order valence-corrected chi connectivity index (χ3v) is 5.28. The summed E-state index contributed by atoms with van der Waals surface area (Å²) in [6.07, 6.45) is 6.04. The fourth-order valence-electron chi connectivity index (χ4n) is 3.33. The molecule has 1 heterocycles. The van der Waals surface area contributed by atoms with E-state index < -0.39 is 0 Å². The number of urea groups is 1. The van der Waals surface area contributed by atoms with Gasteiger partial charge in [-0.25, -0.2) is 9.48 Å². The largest absolute Gasteiger partial charge is 0.331 e. The Kier molecular flexibility index (Phi) is 5.35. The van der Waals surface area contributed by atoms with E-state index in [2.05, 4.69) is 10.4 Å². The van der Waals surface area contributed by atoms with Gasteiger partial charge in [-0.2, -0.15) is 5.10 Å². The summed E-state index contributed by atoms with van der Waals surface area (Å²) >= 11 is 6.00. The molecule has 1 unspecified atom stereocenters. The van der Waals surface area contributed by atoms with Crippen molar-refractivity contribution in [1.29, 1.82) is 0 Å². The number of halogens is 1. The van der Waals surface area contributed by atoms with Gasteiger partial charge >= 0.3 is 6.03 Å². The highest BCUT2D eigenvalue weighted by molar-refractivity contribution is 6.30. The third kappa shape index (κ3) is 4.37. The van der Waals surface area contributed by atoms with Crippen LogP contribution in [0.1, 0.15) is 30.0 Å². The average molecular weight is 395 g/mol. The number of carbonyl (C=O) groups excluding carboxylic acids is 1. The Morgan fingerprint density at radius 2 is 1.93 bits per heavy atom. The van der Waals surface area contributed by atoms with Crippen LogP contribution in [0, 0.1) is 5.92 Å². The SMILES string of the molecule is CN(Cc1cnn(-c2ccccc2)c1)C(=O)NC(c1ccc(Cl)cc1)C1CC1. The standard InChI is InChI=1S/C22H23ClN4O/c1-26(14-16-13-24-27(15-16)20-5-3-2-4-6-20)22(28)25-21(17-7-8-17)18-9-11-19(23)12-10-18/h2-6,9-13,15,17,21H,7-8,14H2,1H3,(H,25,28). The summed E-state index contributed by atoms with van der Waals surface area (Å²) < 4.78 is 1.82. The van der Waals surface area contributed by atoms with Crippen LogP contribution in [0.25, 0.3) is 5.69 Å². The van der Waals surface area contributed by atoms with Gasteiger partial charge in [-0.3, -0.25) is 0 Å². The Bertz CT molecular complexity index is 935. The fraction of sp³-hybridized carbons (Fsp3) is 0.273. The van der Waals surface area contributed by atoms with Crippen molar-refractivity contribution in [3.05, 3.63) is 83.1 Å². The second-order valence-electron chi connectivity index (χ2n) is 7.30. The first-order valence-electron chi connectivity index (χ1n) is 9.46. The van der Waals surface area contributed by atoms with E-state index in [1.165, 1.54) is 0 Å². The maximum absolute atomic E-state index is 12.8. The monoisotopic (exact) mass is 394 g/mol. The summed E-state index contributed by atoms with van der Waals surface area (Å²) in [5.74, 6) is 0.499. The van der Waals surface area contributed by atoms with Gasteiger partial charge in [-0.15, -0.1) is 0 Å². The highest BCUT2D eigenvalue weighted by Gasteiger charge is 2.34. The second kappa shape index (κ2) is 8.07. The number of amides is 2. The number of rotatable bonds is 6. The molecule has 0 aliphatic heterocycles. The topological polar surface area (TPSA) is 50.2 Å². The number of hydrogen-bond donors (Lipinski definition) is 1. The number of nitrogens with zero attached hydrogens (tertiary/aromatic N) is 3. The first-order chi connectivity index (χ1) is 13.6. The van der Waals surface area contributed by atoms with Gasteiger partial charge in [0.15, 0.2) is 0 Å². The van der Waals surface area contributed by atoms with Crippen molar-refractivity contribution in [3.8, 4) is 5.69 Å². The van der Waals surface area contributed by atoms with Crippen molar-refractivity contribution in [2.24, 2.45) is 5.92 Å². The number of nitrogens with one attached hydrogen (secondary N) is 1. The van der Waals surface area contributed by atoms with Crippen LogP contribution in [-0.4, -0.2) is 27.8 Å². The van der Waals surface area contributed by atoms with Crippen LogP contribution in [-0.2, 0) is 6.54 Å². The van der Waals surface area contributed by atoms with E-state index in [-0.39, 0.29) is 12.1 Å². The van der Waals surface area contributed by atoms with E-state index in [9.17, 15) is 4.79 Å². The molecule has 1 fully saturated rings. The smallest absolute Gasteiger partial charge is 0.317 e. The normalized spacial score (nSPS) is 14.5. The predicted molar refractivity (Wildman–Crippen MR) is 110 cm³/mol. The maximum Gasteiger partial charge on any atom is 0.317 e. The third-order valence-electron chi connectivity index (χ3n) is 5.02. The van der Waals surface area contributed by atoms with Gasteiger partial charge in [-0.05, 0) is 48.6 Å². The Hall–Kier alpha value is -2.79. The van der Waals surface area contributed by atoms with Crippen molar-refractivity contribution in [2.75, 3.05) is 7.05 Å². The summed E-state index contributed by atoms with van der Waals surface area (Å²) in [5, 5.41) is 8.30. The van der Waals surface area contributed by atoms with Crippen molar-refractivity contribution in [2.45, 2.75) is 25.4 Å². The van der Waals surface area contributed by atoms with E-state index in [1.54, 1.807) is 18.1 Å². The van der Waals surface area contributed by atoms with Crippen LogP contribution in [0.15, 0.2) is 67.0 Å². The quantitative estimate of drug-likeness (QED) is 0.651. The van der Waals surface area contributed by atoms with Gasteiger partial charge in [-0.1, -0.05) is 41.9 Å². The molecule has 1 atom stereocenters. The van der Waals surface area contributed by atoms with Crippen LogP contribution >= 0.6 is 11.6 Å². The molecule has 5 nitrogen and oxygen atoms in total. The molecule has 6 heteroatoms. The zero-order valence-corrected chi connectivity index (χ0v) is 16.5. The highest BCUT2D eigenvalue weighted by Crippen LogP contribution is 2.41. The Morgan fingerprint density at radius 3 is 2.61 bits per heavy atom. The van der Waals surface area contributed by atoms with Crippen LogP contribution in [0.5, 0.6) is 0 Å². The van der Waals surface area contributed by atoms with Gasteiger partial charge in [0.1, 0.15) is 0 Å². The Labute approximate surface area is 169 Å². The summed E-state index contributed by atoms with van der Waals surface area (Å²) in [4.78, 5) is 14.5. The van der Waals surface area contributed by atoms with Crippen molar-refractivity contribution in [3.63, 3.8) is 0 Å². The molecule has 4 rings (SSSR count). The molecule has 0 bridgehead atoms. The molecule has 1 saturated carbocycles. The summed E-state index contributed by atoms with van der Waals surface area (Å²) in [6.45, 7) is 0.497. The predicted octanol–water partition coefficient (Wildman–Crippen LogP) is 4.82.